The Morgan fingerprint density at radius 1 is 1.02 bits per heavy atom. The van der Waals surface area contributed by atoms with Gasteiger partial charge in [-0.3, -0.25) is 14.5 Å². The molecule has 1 saturated heterocycles. The minimum absolute atomic E-state index is 0.0514. The average molecular weight is 588 g/mol. The lowest BCUT2D eigenvalue weighted by atomic mass is 9.95. The van der Waals surface area contributed by atoms with Gasteiger partial charge >= 0.3 is 5.91 Å². The standard InChI is InChI=1S/C30H25N3O6S2/c1-2-37-21-11-8-19(9-12-21)25-24(26(34)20-10-13-22-23(16-20)39-15-14-38-22)27(35)28(36)33(25)29-31-32-30(41-29)40-17-18-6-4-3-5-7-18/h3-13,16,25,34H,2,14-15,17H2,1H3/b26-24+. The molecule has 9 nitrogen and oxygen atoms in total. The predicted octanol–water partition coefficient (Wildman–Crippen LogP) is 5.63. The number of benzene rings is 3. The number of carbonyl (C=O) groups excluding carboxylic acids is 2. The third kappa shape index (κ3) is 5.38. The largest absolute Gasteiger partial charge is 0.507 e. The van der Waals surface area contributed by atoms with Gasteiger partial charge in [-0.05, 0) is 48.4 Å². The van der Waals surface area contributed by atoms with Crippen molar-refractivity contribution in [2.75, 3.05) is 24.7 Å². The van der Waals surface area contributed by atoms with Crippen molar-refractivity contribution in [1.29, 1.82) is 0 Å². The van der Waals surface area contributed by atoms with E-state index >= 15 is 0 Å². The number of thioether (sulfide) groups is 1. The van der Waals surface area contributed by atoms with Crippen molar-refractivity contribution in [2.45, 2.75) is 23.1 Å². The molecular formula is C30H25N3O6S2. The summed E-state index contributed by atoms with van der Waals surface area (Å²) in [5, 5.41) is 20.3. The number of aromatic nitrogens is 2. The summed E-state index contributed by atoms with van der Waals surface area (Å²) in [6, 6.07) is 21.0. The molecule has 2 aliphatic heterocycles. The van der Waals surface area contributed by atoms with E-state index in [1.807, 2.05) is 37.3 Å². The minimum Gasteiger partial charge on any atom is -0.507 e. The first-order valence-corrected chi connectivity index (χ1v) is 14.8. The summed E-state index contributed by atoms with van der Waals surface area (Å²) in [6.45, 7) is 3.18. The van der Waals surface area contributed by atoms with Gasteiger partial charge in [0.05, 0.1) is 18.2 Å². The number of ketones is 1. The van der Waals surface area contributed by atoms with Crippen LogP contribution in [0.3, 0.4) is 0 Å². The van der Waals surface area contributed by atoms with E-state index in [1.165, 1.54) is 28.0 Å². The Labute approximate surface area is 244 Å². The molecule has 2 aliphatic rings. The Bertz CT molecular complexity index is 1620. The van der Waals surface area contributed by atoms with Gasteiger partial charge in [0.25, 0.3) is 5.78 Å². The number of anilines is 1. The van der Waals surface area contributed by atoms with E-state index in [0.29, 0.717) is 58.3 Å². The van der Waals surface area contributed by atoms with Gasteiger partial charge in [-0.25, -0.2) is 0 Å². The fourth-order valence-electron chi connectivity index (χ4n) is 4.68. The lowest BCUT2D eigenvalue weighted by molar-refractivity contribution is -0.132. The molecule has 3 aromatic carbocycles. The molecule has 0 aliphatic carbocycles. The van der Waals surface area contributed by atoms with Crippen LogP contribution in [0.2, 0.25) is 0 Å². The van der Waals surface area contributed by atoms with Crippen LogP contribution in [0, 0.1) is 0 Å². The molecule has 1 aromatic heterocycles. The molecule has 1 fully saturated rings. The number of nitrogens with zero attached hydrogens (tertiary/aromatic N) is 3. The Balaban J connectivity index is 1.39. The van der Waals surface area contributed by atoms with Gasteiger partial charge in [-0.1, -0.05) is 65.6 Å². The molecule has 41 heavy (non-hydrogen) atoms. The molecule has 1 unspecified atom stereocenters. The second-order valence-electron chi connectivity index (χ2n) is 9.15. The first-order chi connectivity index (χ1) is 20.0. The van der Waals surface area contributed by atoms with Gasteiger partial charge in [0.2, 0.25) is 5.13 Å². The lowest BCUT2D eigenvalue weighted by Gasteiger charge is -2.23. The van der Waals surface area contributed by atoms with Crippen LogP contribution in [0.1, 0.15) is 29.7 Å². The highest BCUT2D eigenvalue weighted by Gasteiger charge is 2.48. The predicted molar refractivity (Wildman–Crippen MR) is 156 cm³/mol. The maximum Gasteiger partial charge on any atom is 0.301 e. The average Bonchev–Trinajstić information content (AvgIpc) is 3.58. The summed E-state index contributed by atoms with van der Waals surface area (Å²) in [4.78, 5) is 28.4. The molecule has 4 aromatic rings. The third-order valence-electron chi connectivity index (χ3n) is 6.57. The Morgan fingerprint density at radius 2 is 1.78 bits per heavy atom. The fourth-order valence-corrected chi connectivity index (χ4v) is 6.51. The van der Waals surface area contributed by atoms with Crippen LogP contribution in [0.5, 0.6) is 17.2 Å². The van der Waals surface area contributed by atoms with E-state index in [0.717, 1.165) is 5.56 Å². The zero-order chi connectivity index (χ0) is 28.3. The highest BCUT2D eigenvalue weighted by molar-refractivity contribution is 8.00. The minimum atomic E-state index is -0.932. The monoisotopic (exact) mass is 587 g/mol. The highest BCUT2D eigenvalue weighted by Crippen LogP contribution is 2.45. The molecule has 1 atom stereocenters. The van der Waals surface area contributed by atoms with Crippen LogP contribution >= 0.6 is 23.1 Å². The van der Waals surface area contributed by atoms with Crippen molar-refractivity contribution in [3.05, 3.63) is 95.1 Å². The first kappa shape index (κ1) is 26.9. The fraction of sp³-hybridized carbons (Fsp3) is 0.200. The molecule has 11 heteroatoms. The highest BCUT2D eigenvalue weighted by atomic mass is 32.2. The van der Waals surface area contributed by atoms with E-state index in [9.17, 15) is 14.7 Å². The molecule has 3 heterocycles. The van der Waals surface area contributed by atoms with Crippen molar-refractivity contribution >= 4 is 45.7 Å². The number of aliphatic hydroxyl groups is 1. The summed E-state index contributed by atoms with van der Waals surface area (Å²) < 4.78 is 17.5. The number of ether oxygens (including phenoxy) is 3. The Kier molecular flexibility index (Phi) is 7.62. The molecule has 1 amide bonds. The lowest BCUT2D eigenvalue weighted by Crippen LogP contribution is -2.29. The summed E-state index contributed by atoms with van der Waals surface area (Å²) in [7, 11) is 0. The number of fused-ring (bicyclic) bond motifs is 1. The van der Waals surface area contributed by atoms with Crippen LogP contribution in [-0.4, -0.2) is 46.8 Å². The maximum absolute atomic E-state index is 13.5. The number of rotatable bonds is 8. The first-order valence-electron chi connectivity index (χ1n) is 13.0. The van der Waals surface area contributed by atoms with Gasteiger partial charge in [-0.15, -0.1) is 10.2 Å². The number of carbonyl (C=O) groups is 2. The molecule has 1 N–H and O–H groups in total. The normalized spacial score (nSPS) is 17.6. The van der Waals surface area contributed by atoms with E-state index < -0.39 is 17.7 Å². The second-order valence-corrected chi connectivity index (χ2v) is 11.3. The van der Waals surface area contributed by atoms with Crippen molar-refractivity contribution in [3.8, 4) is 17.2 Å². The van der Waals surface area contributed by atoms with Gasteiger partial charge in [0.15, 0.2) is 15.8 Å². The smallest absolute Gasteiger partial charge is 0.301 e. The maximum atomic E-state index is 13.5. The number of hydrogen-bond donors (Lipinski definition) is 1. The molecule has 0 saturated carbocycles. The van der Waals surface area contributed by atoms with Crippen LogP contribution < -0.4 is 19.1 Å². The van der Waals surface area contributed by atoms with Crippen molar-refractivity contribution in [2.24, 2.45) is 0 Å². The Hall–Kier alpha value is -4.35. The molecule has 6 rings (SSSR count). The quantitative estimate of drug-likeness (QED) is 0.0922. The van der Waals surface area contributed by atoms with E-state index in [-0.39, 0.29) is 16.5 Å². The van der Waals surface area contributed by atoms with Gasteiger partial charge in [0, 0.05) is 11.3 Å². The van der Waals surface area contributed by atoms with E-state index in [1.54, 1.807) is 42.5 Å². The number of Topliss-reactive ketones (excluding diaryl/α,β-unsaturated/α-hetero) is 1. The number of aliphatic hydroxyl groups excluding tert-OH is 1. The zero-order valence-electron chi connectivity index (χ0n) is 22.0. The zero-order valence-corrected chi connectivity index (χ0v) is 23.6. The van der Waals surface area contributed by atoms with E-state index in [4.69, 9.17) is 14.2 Å². The van der Waals surface area contributed by atoms with Gasteiger partial charge < -0.3 is 19.3 Å². The third-order valence-corrected chi connectivity index (χ3v) is 8.70. The van der Waals surface area contributed by atoms with Gasteiger partial charge in [-0.2, -0.15) is 0 Å². The van der Waals surface area contributed by atoms with Gasteiger partial charge in [0.1, 0.15) is 24.7 Å². The Morgan fingerprint density at radius 3 is 2.54 bits per heavy atom. The van der Waals surface area contributed by atoms with Crippen LogP contribution in [-0.2, 0) is 15.3 Å². The summed E-state index contributed by atoms with van der Waals surface area (Å²) in [5.41, 5.74) is 2.02. The molecular weight excluding hydrogens is 562 g/mol. The van der Waals surface area contributed by atoms with Crippen molar-refractivity contribution < 1.29 is 28.9 Å². The van der Waals surface area contributed by atoms with Crippen molar-refractivity contribution in [1.82, 2.24) is 10.2 Å². The molecule has 0 spiro atoms. The second kappa shape index (κ2) is 11.6. The number of hydrogen-bond acceptors (Lipinski definition) is 10. The molecule has 0 radical (unpaired) electrons. The van der Waals surface area contributed by atoms with Crippen LogP contribution in [0.15, 0.2) is 82.7 Å². The van der Waals surface area contributed by atoms with E-state index in [2.05, 4.69) is 10.2 Å². The van der Waals surface area contributed by atoms with Crippen LogP contribution in [0.4, 0.5) is 5.13 Å². The van der Waals surface area contributed by atoms with Crippen molar-refractivity contribution in [3.63, 3.8) is 0 Å². The topological polar surface area (TPSA) is 111 Å². The molecule has 208 valence electrons. The summed E-state index contributed by atoms with van der Waals surface area (Å²) >= 11 is 2.72. The van der Waals surface area contributed by atoms with Crippen LogP contribution in [0.25, 0.3) is 5.76 Å². The summed E-state index contributed by atoms with van der Waals surface area (Å²) in [6.07, 6.45) is 0. The SMILES string of the molecule is CCOc1ccc(C2/C(=C(\O)c3ccc4c(c3)OCCO4)C(=O)C(=O)N2c2nnc(SCc3ccccc3)s2)cc1. The number of amides is 1. The molecule has 0 bridgehead atoms. The summed E-state index contributed by atoms with van der Waals surface area (Å²) in [5.74, 6) is 0.409.